The summed E-state index contributed by atoms with van der Waals surface area (Å²) in [5, 5.41) is 13.6. The maximum Gasteiger partial charge on any atom is 0.309 e. The molecule has 3 heterocycles. The zero-order valence-corrected chi connectivity index (χ0v) is 11.1. The first-order valence-corrected chi connectivity index (χ1v) is 7.13. The van der Waals surface area contributed by atoms with E-state index in [9.17, 15) is 4.79 Å². The monoisotopic (exact) mass is 264 g/mol. The summed E-state index contributed by atoms with van der Waals surface area (Å²) in [6, 6.07) is 0. The van der Waals surface area contributed by atoms with Gasteiger partial charge in [0, 0.05) is 31.0 Å². The molecule has 1 saturated heterocycles. The van der Waals surface area contributed by atoms with Crippen molar-refractivity contribution in [2.75, 3.05) is 13.2 Å². The summed E-state index contributed by atoms with van der Waals surface area (Å²) >= 11 is 0. The van der Waals surface area contributed by atoms with Gasteiger partial charge in [-0.3, -0.25) is 9.48 Å². The Morgan fingerprint density at radius 3 is 2.89 bits per heavy atom. The van der Waals surface area contributed by atoms with Crippen molar-refractivity contribution in [2.24, 2.45) is 0 Å². The van der Waals surface area contributed by atoms with Crippen molar-refractivity contribution in [1.82, 2.24) is 9.78 Å². The van der Waals surface area contributed by atoms with Gasteiger partial charge in [0.15, 0.2) is 0 Å². The molecule has 0 spiro atoms. The first kappa shape index (κ1) is 12.7. The lowest BCUT2D eigenvalue weighted by Gasteiger charge is -2.24. The zero-order valence-electron chi connectivity index (χ0n) is 11.1. The molecule has 0 unspecified atom stereocenters. The van der Waals surface area contributed by atoms with Crippen LogP contribution in [0.4, 0.5) is 0 Å². The predicted octanol–water partition coefficient (Wildman–Crippen LogP) is 1.74. The van der Waals surface area contributed by atoms with Crippen LogP contribution < -0.4 is 0 Å². The van der Waals surface area contributed by atoms with Crippen LogP contribution in [0.1, 0.15) is 48.6 Å². The van der Waals surface area contributed by atoms with Gasteiger partial charge in [0.25, 0.3) is 0 Å². The van der Waals surface area contributed by atoms with Crippen LogP contribution in [0, 0.1) is 0 Å². The molecule has 2 aliphatic heterocycles. The van der Waals surface area contributed by atoms with Crippen LogP contribution in [0.5, 0.6) is 0 Å². The molecule has 0 amide bonds. The molecule has 1 aromatic rings. The normalized spacial score (nSPS) is 20.2. The highest BCUT2D eigenvalue weighted by Crippen LogP contribution is 2.34. The number of aliphatic carboxylic acids is 1. The van der Waals surface area contributed by atoms with Crippen molar-refractivity contribution < 1.29 is 14.6 Å². The number of fused-ring (bicyclic) bond motifs is 1. The molecule has 0 saturated carbocycles. The Labute approximate surface area is 112 Å². The lowest BCUT2D eigenvalue weighted by Crippen LogP contribution is -2.18. The van der Waals surface area contributed by atoms with E-state index in [0.717, 1.165) is 51.1 Å². The first-order valence-electron chi connectivity index (χ1n) is 7.13. The number of nitrogens with zero attached hydrogens (tertiary/aromatic N) is 2. The minimum absolute atomic E-state index is 0.0483. The molecule has 1 fully saturated rings. The van der Waals surface area contributed by atoms with Gasteiger partial charge < -0.3 is 9.84 Å². The van der Waals surface area contributed by atoms with Gasteiger partial charge in [-0.05, 0) is 38.0 Å². The van der Waals surface area contributed by atoms with Gasteiger partial charge in [-0.15, -0.1) is 0 Å². The smallest absolute Gasteiger partial charge is 0.309 e. The van der Waals surface area contributed by atoms with E-state index in [-0.39, 0.29) is 6.42 Å². The average molecular weight is 264 g/mol. The number of rotatable bonds is 3. The molecule has 0 bridgehead atoms. The Morgan fingerprint density at radius 1 is 1.37 bits per heavy atom. The van der Waals surface area contributed by atoms with Crippen LogP contribution in [0.15, 0.2) is 0 Å². The van der Waals surface area contributed by atoms with Gasteiger partial charge in [-0.25, -0.2) is 0 Å². The molecule has 5 nitrogen and oxygen atoms in total. The number of hydrogen-bond donors (Lipinski definition) is 1. The number of carboxylic acid groups (broad SMARTS) is 1. The number of ether oxygens (including phenoxy) is 1. The van der Waals surface area contributed by atoms with Crippen molar-refractivity contribution in [2.45, 2.75) is 51.0 Å². The average Bonchev–Trinajstić information content (AvgIpc) is 2.76. The quantitative estimate of drug-likeness (QED) is 0.903. The summed E-state index contributed by atoms with van der Waals surface area (Å²) in [7, 11) is 0. The lowest BCUT2D eigenvalue weighted by molar-refractivity contribution is -0.136. The summed E-state index contributed by atoms with van der Waals surface area (Å²) < 4.78 is 7.47. The summed E-state index contributed by atoms with van der Waals surface area (Å²) in [5.41, 5.74) is 3.30. The van der Waals surface area contributed by atoms with E-state index in [0.29, 0.717) is 5.92 Å². The van der Waals surface area contributed by atoms with Crippen molar-refractivity contribution in [3.8, 4) is 0 Å². The highest BCUT2D eigenvalue weighted by Gasteiger charge is 2.28. The van der Waals surface area contributed by atoms with Gasteiger partial charge >= 0.3 is 5.97 Å². The molecular formula is C14H20N2O3. The molecule has 2 aliphatic rings. The van der Waals surface area contributed by atoms with E-state index in [2.05, 4.69) is 5.10 Å². The van der Waals surface area contributed by atoms with Crippen molar-refractivity contribution >= 4 is 5.97 Å². The first-order chi connectivity index (χ1) is 9.25. The number of hydrogen-bond acceptors (Lipinski definition) is 3. The molecule has 0 atom stereocenters. The third kappa shape index (κ3) is 2.52. The summed E-state index contributed by atoms with van der Waals surface area (Å²) in [5.74, 6) is -0.353. The van der Waals surface area contributed by atoms with Gasteiger partial charge in [-0.1, -0.05) is 0 Å². The fourth-order valence-corrected chi connectivity index (χ4v) is 3.30. The van der Waals surface area contributed by atoms with Gasteiger partial charge in [0.1, 0.15) is 0 Å². The molecule has 0 radical (unpaired) electrons. The Bertz CT molecular complexity index is 475. The Morgan fingerprint density at radius 2 is 2.16 bits per heavy atom. The second-order valence-electron chi connectivity index (χ2n) is 5.44. The molecule has 1 aromatic heterocycles. The fourth-order valence-electron chi connectivity index (χ4n) is 3.30. The van der Waals surface area contributed by atoms with E-state index in [1.807, 2.05) is 4.68 Å². The highest BCUT2D eigenvalue weighted by atomic mass is 16.5. The highest BCUT2D eigenvalue weighted by molar-refractivity contribution is 5.70. The molecule has 0 aromatic carbocycles. The van der Waals surface area contributed by atoms with Crippen LogP contribution in [0.3, 0.4) is 0 Å². The Balaban J connectivity index is 1.97. The second-order valence-corrected chi connectivity index (χ2v) is 5.44. The molecule has 1 N–H and O–H groups in total. The molecule has 3 rings (SSSR count). The Hall–Kier alpha value is -1.36. The molecule has 0 aliphatic carbocycles. The van der Waals surface area contributed by atoms with Crippen LogP contribution in [0.2, 0.25) is 0 Å². The second kappa shape index (κ2) is 5.33. The summed E-state index contributed by atoms with van der Waals surface area (Å²) in [6.45, 7) is 2.49. The number of aryl methyl sites for hydroxylation is 1. The van der Waals surface area contributed by atoms with Crippen molar-refractivity contribution in [3.63, 3.8) is 0 Å². The minimum atomic E-state index is -0.788. The number of carboxylic acids is 1. The van der Waals surface area contributed by atoms with Gasteiger partial charge in [0.05, 0.1) is 12.1 Å². The maximum atomic E-state index is 11.0. The van der Waals surface area contributed by atoms with E-state index in [1.165, 1.54) is 17.7 Å². The van der Waals surface area contributed by atoms with Crippen LogP contribution in [-0.4, -0.2) is 34.1 Å². The van der Waals surface area contributed by atoms with Crippen LogP contribution >= 0.6 is 0 Å². The largest absolute Gasteiger partial charge is 0.481 e. The van der Waals surface area contributed by atoms with Gasteiger partial charge in [0.2, 0.25) is 0 Å². The van der Waals surface area contributed by atoms with E-state index in [4.69, 9.17) is 9.84 Å². The molecule has 5 heteroatoms. The summed E-state index contributed by atoms with van der Waals surface area (Å²) in [6.07, 6.45) is 5.41. The van der Waals surface area contributed by atoms with E-state index in [1.54, 1.807) is 0 Å². The fraction of sp³-hybridized carbons (Fsp3) is 0.714. The molecule has 19 heavy (non-hydrogen) atoms. The minimum Gasteiger partial charge on any atom is -0.481 e. The van der Waals surface area contributed by atoms with E-state index >= 15 is 0 Å². The molecular weight excluding hydrogens is 244 g/mol. The molecule has 104 valence electrons. The van der Waals surface area contributed by atoms with Crippen LogP contribution in [-0.2, 0) is 28.9 Å². The Kier molecular flexibility index (Phi) is 3.55. The standard InChI is InChI=1S/C14H20N2O3/c17-13(18)9-11-14(10-4-7-19-8-5-10)12-3-1-2-6-16(12)15-11/h10H,1-9H2,(H,17,18). The summed E-state index contributed by atoms with van der Waals surface area (Å²) in [4.78, 5) is 11.0. The zero-order chi connectivity index (χ0) is 13.2. The van der Waals surface area contributed by atoms with Gasteiger partial charge in [-0.2, -0.15) is 5.10 Å². The predicted molar refractivity (Wildman–Crippen MR) is 69.3 cm³/mol. The van der Waals surface area contributed by atoms with Crippen molar-refractivity contribution in [1.29, 1.82) is 0 Å². The maximum absolute atomic E-state index is 11.0. The lowest BCUT2D eigenvalue weighted by atomic mass is 9.87. The van der Waals surface area contributed by atoms with Crippen LogP contribution in [0.25, 0.3) is 0 Å². The number of carbonyl (C=O) groups is 1. The third-order valence-corrected chi connectivity index (χ3v) is 4.16. The SMILES string of the molecule is O=C(O)Cc1nn2c(c1C1CCOCC1)CCCC2. The van der Waals surface area contributed by atoms with E-state index < -0.39 is 5.97 Å². The third-order valence-electron chi connectivity index (χ3n) is 4.16. The topological polar surface area (TPSA) is 64.3 Å². The number of aromatic nitrogens is 2. The van der Waals surface area contributed by atoms with Crippen molar-refractivity contribution in [3.05, 3.63) is 17.0 Å².